The van der Waals surface area contributed by atoms with Gasteiger partial charge in [-0.05, 0) is 60.2 Å². The maximum atomic E-state index is 13.3. The molecular formula is C29H31N3O3. The van der Waals surface area contributed by atoms with Crippen LogP contribution in [0.1, 0.15) is 48.0 Å². The van der Waals surface area contributed by atoms with Crippen LogP contribution in [0.25, 0.3) is 10.8 Å². The van der Waals surface area contributed by atoms with Gasteiger partial charge in [0, 0.05) is 43.9 Å². The molecule has 0 spiro atoms. The van der Waals surface area contributed by atoms with Crippen molar-refractivity contribution in [3.63, 3.8) is 0 Å². The van der Waals surface area contributed by atoms with Crippen LogP contribution in [0.15, 0.2) is 66.7 Å². The van der Waals surface area contributed by atoms with E-state index in [9.17, 15) is 14.4 Å². The maximum absolute atomic E-state index is 13.3. The molecule has 0 bridgehead atoms. The monoisotopic (exact) mass is 469 g/mol. The summed E-state index contributed by atoms with van der Waals surface area (Å²) in [6.45, 7) is 2.24. The van der Waals surface area contributed by atoms with Crippen molar-refractivity contribution in [3.8, 4) is 0 Å². The number of hydrogen-bond donors (Lipinski definition) is 1. The highest BCUT2D eigenvalue weighted by molar-refractivity contribution is 6.07. The normalized spacial score (nSPS) is 18.5. The van der Waals surface area contributed by atoms with Gasteiger partial charge in [0.05, 0.1) is 5.92 Å². The molecule has 6 heteroatoms. The van der Waals surface area contributed by atoms with E-state index < -0.39 is 0 Å². The molecule has 1 unspecified atom stereocenters. The molecule has 0 radical (unpaired) electrons. The molecule has 180 valence electrons. The molecule has 0 saturated carbocycles. The summed E-state index contributed by atoms with van der Waals surface area (Å²) < 4.78 is 0. The highest BCUT2D eigenvalue weighted by Gasteiger charge is 2.29. The lowest BCUT2D eigenvalue weighted by Crippen LogP contribution is -2.45. The van der Waals surface area contributed by atoms with Gasteiger partial charge in [-0.1, -0.05) is 48.5 Å². The van der Waals surface area contributed by atoms with Gasteiger partial charge in [-0.25, -0.2) is 0 Å². The number of benzene rings is 3. The van der Waals surface area contributed by atoms with E-state index in [1.54, 1.807) is 0 Å². The van der Waals surface area contributed by atoms with Crippen LogP contribution in [0.2, 0.25) is 0 Å². The Morgan fingerprint density at radius 3 is 2.63 bits per heavy atom. The van der Waals surface area contributed by atoms with E-state index in [4.69, 9.17) is 0 Å². The average molecular weight is 470 g/mol. The lowest BCUT2D eigenvalue weighted by molar-refractivity contribution is -0.126. The first-order valence-electron chi connectivity index (χ1n) is 12.5. The van der Waals surface area contributed by atoms with Gasteiger partial charge in [-0.3, -0.25) is 14.4 Å². The third-order valence-electron chi connectivity index (χ3n) is 7.11. The fraction of sp³-hybridized carbons (Fsp3) is 0.345. The van der Waals surface area contributed by atoms with Crippen molar-refractivity contribution in [1.29, 1.82) is 0 Å². The van der Waals surface area contributed by atoms with Gasteiger partial charge in [-0.15, -0.1) is 0 Å². The second-order valence-corrected chi connectivity index (χ2v) is 9.51. The Labute approximate surface area is 205 Å². The predicted molar refractivity (Wildman–Crippen MR) is 137 cm³/mol. The maximum Gasteiger partial charge on any atom is 0.254 e. The number of rotatable bonds is 5. The van der Waals surface area contributed by atoms with Gasteiger partial charge in [0.1, 0.15) is 0 Å². The molecule has 2 aliphatic rings. The summed E-state index contributed by atoms with van der Waals surface area (Å²) >= 11 is 0. The minimum absolute atomic E-state index is 0.0156. The first kappa shape index (κ1) is 23.1. The lowest BCUT2D eigenvalue weighted by Gasteiger charge is -2.32. The summed E-state index contributed by atoms with van der Waals surface area (Å²) in [6.07, 6.45) is 4.14. The number of carbonyl (C=O) groups is 3. The summed E-state index contributed by atoms with van der Waals surface area (Å²) in [5.74, 6) is -0.108. The van der Waals surface area contributed by atoms with Crippen LogP contribution in [0.4, 0.5) is 5.69 Å². The number of nitrogens with zero attached hydrogens (tertiary/aromatic N) is 2. The number of nitrogens with one attached hydrogen (secondary N) is 1. The zero-order valence-electron chi connectivity index (χ0n) is 19.9. The number of anilines is 1. The largest absolute Gasteiger partial charge is 0.352 e. The van der Waals surface area contributed by atoms with Crippen molar-refractivity contribution in [2.75, 3.05) is 24.5 Å². The lowest BCUT2D eigenvalue weighted by atomic mass is 9.95. The van der Waals surface area contributed by atoms with Crippen LogP contribution in [-0.4, -0.2) is 42.3 Å². The minimum Gasteiger partial charge on any atom is -0.352 e. The highest BCUT2D eigenvalue weighted by atomic mass is 16.2. The molecule has 2 fully saturated rings. The van der Waals surface area contributed by atoms with E-state index in [2.05, 4.69) is 5.32 Å². The number of hydrogen-bond acceptors (Lipinski definition) is 3. The Bertz CT molecular complexity index is 1250. The van der Waals surface area contributed by atoms with Crippen molar-refractivity contribution in [2.45, 2.75) is 38.6 Å². The van der Waals surface area contributed by atoms with Crippen LogP contribution in [-0.2, 0) is 16.1 Å². The molecule has 2 heterocycles. The molecule has 35 heavy (non-hydrogen) atoms. The Hall–Kier alpha value is -3.67. The summed E-state index contributed by atoms with van der Waals surface area (Å²) in [4.78, 5) is 42.3. The van der Waals surface area contributed by atoms with Crippen LogP contribution in [0.3, 0.4) is 0 Å². The summed E-state index contributed by atoms with van der Waals surface area (Å²) in [5.41, 5.74) is 2.55. The van der Waals surface area contributed by atoms with Gasteiger partial charge in [0.15, 0.2) is 0 Å². The number of carbonyl (C=O) groups excluding carboxylic acids is 3. The first-order valence-corrected chi connectivity index (χ1v) is 12.5. The Kier molecular flexibility index (Phi) is 6.80. The third-order valence-corrected chi connectivity index (χ3v) is 7.11. The third kappa shape index (κ3) is 5.06. The SMILES string of the molecule is O=C(NCc1cccc(N2CCCCC2=O)c1)C1CCCN(C(=O)c2cccc3ccccc23)C1. The standard InChI is InChI=1S/C29H31N3O3/c33-27-15-3-4-17-32(27)24-12-5-8-21(18-24)19-30-28(34)23-11-7-16-31(20-23)29(35)26-14-6-10-22-9-1-2-13-25(22)26/h1-2,5-6,8-10,12-14,18,23H,3-4,7,11,15-17,19-20H2,(H,30,34). The van der Waals surface area contributed by atoms with Crippen molar-refractivity contribution in [2.24, 2.45) is 5.92 Å². The summed E-state index contributed by atoms with van der Waals surface area (Å²) in [5, 5.41) is 5.04. The van der Waals surface area contributed by atoms with E-state index in [-0.39, 0.29) is 23.6 Å². The van der Waals surface area contributed by atoms with Crippen molar-refractivity contribution >= 4 is 34.2 Å². The predicted octanol–water partition coefficient (Wildman–Crippen LogP) is 4.53. The van der Waals surface area contributed by atoms with Gasteiger partial charge in [-0.2, -0.15) is 0 Å². The Balaban J connectivity index is 1.22. The average Bonchev–Trinajstić information content (AvgIpc) is 2.91. The highest BCUT2D eigenvalue weighted by Crippen LogP contribution is 2.25. The molecule has 5 rings (SSSR count). The van der Waals surface area contributed by atoms with Crippen molar-refractivity contribution in [1.82, 2.24) is 10.2 Å². The number of piperidine rings is 2. The molecule has 2 aliphatic heterocycles. The minimum atomic E-state index is -0.227. The molecule has 3 amide bonds. The molecular weight excluding hydrogens is 438 g/mol. The fourth-order valence-electron chi connectivity index (χ4n) is 5.20. The second kappa shape index (κ2) is 10.3. The van der Waals surface area contributed by atoms with Gasteiger partial charge < -0.3 is 15.1 Å². The number of likely N-dealkylation sites (tertiary alicyclic amines) is 1. The first-order chi connectivity index (χ1) is 17.1. The van der Waals surface area contributed by atoms with Gasteiger partial charge in [0.25, 0.3) is 5.91 Å². The summed E-state index contributed by atoms with van der Waals surface area (Å²) in [7, 11) is 0. The van der Waals surface area contributed by atoms with E-state index >= 15 is 0 Å². The van der Waals surface area contributed by atoms with Gasteiger partial charge >= 0.3 is 0 Å². The smallest absolute Gasteiger partial charge is 0.254 e. The van der Waals surface area contributed by atoms with E-state index in [1.807, 2.05) is 76.5 Å². The van der Waals surface area contributed by atoms with E-state index in [0.717, 1.165) is 54.3 Å². The molecule has 3 aromatic rings. The molecule has 3 aromatic carbocycles. The molecule has 0 aliphatic carbocycles. The number of fused-ring (bicyclic) bond motifs is 1. The van der Waals surface area contributed by atoms with Crippen molar-refractivity contribution < 1.29 is 14.4 Å². The quantitative estimate of drug-likeness (QED) is 0.597. The number of amides is 3. The van der Waals surface area contributed by atoms with Crippen LogP contribution < -0.4 is 10.2 Å². The van der Waals surface area contributed by atoms with E-state index in [0.29, 0.717) is 31.6 Å². The molecule has 2 saturated heterocycles. The van der Waals surface area contributed by atoms with Crippen LogP contribution >= 0.6 is 0 Å². The van der Waals surface area contributed by atoms with Crippen LogP contribution in [0, 0.1) is 5.92 Å². The van der Waals surface area contributed by atoms with Crippen molar-refractivity contribution in [3.05, 3.63) is 77.9 Å². The molecule has 1 N–H and O–H groups in total. The fourth-order valence-corrected chi connectivity index (χ4v) is 5.20. The molecule has 1 atom stereocenters. The zero-order valence-corrected chi connectivity index (χ0v) is 19.9. The molecule has 0 aromatic heterocycles. The van der Waals surface area contributed by atoms with Crippen LogP contribution in [0.5, 0.6) is 0 Å². The molecule has 6 nitrogen and oxygen atoms in total. The zero-order chi connectivity index (χ0) is 24.2. The van der Waals surface area contributed by atoms with E-state index in [1.165, 1.54) is 0 Å². The summed E-state index contributed by atoms with van der Waals surface area (Å²) in [6, 6.07) is 21.5. The second-order valence-electron chi connectivity index (χ2n) is 9.51. The van der Waals surface area contributed by atoms with Gasteiger partial charge in [0.2, 0.25) is 11.8 Å². The Morgan fingerprint density at radius 2 is 1.74 bits per heavy atom. The Morgan fingerprint density at radius 1 is 0.914 bits per heavy atom. The topological polar surface area (TPSA) is 69.7 Å².